The number of nitrogens with zero attached hydrogens (tertiary/aromatic N) is 2. The number of nitriles is 1. The number of amides is 1. The number of benzene rings is 1. The topological polar surface area (TPSA) is 84.1 Å². The first-order valence-electron chi connectivity index (χ1n) is 9.43. The molecule has 0 unspecified atom stereocenters. The van der Waals surface area contributed by atoms with Gasteiger partial charge in [0.05, 0.1) is 5.69 Å². The van der Waals surface area contributed by atoms with Crippen LogP contribution in [-0.2, 0) is 20.9 Å². The Bertz CT molecular complexity index is 1030. The van der Waals surface area contributed by atoms with Crippen molar-refractivity contribution in [3.63, 3.8) is 0 Å². The van der Waals surface area contributed by atoms with Gasteiger partial charge < -0.3 is 14.6 Å². The van der Waals surface area contributed by atoms with Crippen molar-refractivity contribution in [3.8, 4) is 6.07 Å². The maximum atomic E-state index is 13.7. The molecule has 8 heteroatoms. The van der Waals surface area contributed by atoms with Crippen LogP contribution < -0.4 is 5.32 Å². The maximum absolute atomic E-state index is 13.7. The van der Waals surface area contributed by atoms with Gasteiger partial charge in [-0.1, -0.05) is 6.92 Å². The summed E-state index contributed by atoms with van der Waals surface area (Å²) >= 11 is 0. The number of carbonyl (C=O) groups is 2. The first-order valence-corrected chi connectivity index (χ1v) is 9.43. The molecule has 0 aliphatic rings. The molecule has 0 fully saturated rings. The second-order valence-electron chi connectivity index (χ2n) is 6.81. The average Bonchev–Trinajstić information content (AvgIpc) is 2.95. The van der Waals surface area contributed by atoms with Gasteiger partial charge in [0, 0.05) is 24.0 Å². The third-order valence-corrected chi connectivity index (χ3v) is 4.54. The van der Waals surface area contributed by atoms with E-state index in [-0.39, 0.29) is 11.3 Å². The molecule has 1 atom stereocenters. The lowest BCUT2D eigenvalue weighted by Crippen LogP contribution is -2.30. The standard InChI is InChI=1S/C22H23F2N3O3/c1-5-8-27-13(2)9-16(14(27)3)10-17(12-25)22(29)30-15(4)21(28)26-20-7-6-18(23)11-19(20)24/h6-7,9-11,15H,5,8H2,1-4H3,(H,26,28)/b17-10+/t15-/m1/s1. The summed E-state index contributed by atoms with van der Waals surface area (Å²) in [6.07, 6.45) is 1.06. The fraction of sp³-hybridized carbons (Fsp3) is 0.318. The van der Waals surface area contributed by atoms with Gasteiger partial charge in [-0.3, -0.25) is 4.79 Å². The van der Waals surface area contributed by atoms with Gasteiger partial charge in [-0.2, -0.15) is 5.26 Å². The number of aryl methyl sites for hydroxylation is 1. The Labute approximate surface area is 173 Å². The lowest BCUT2D eigenvalue weighted by Gasteiger charge is -2.13. The minimum absolute atomic E-state index is 0.247. The van der Waals surface area contributed by atoms with Crippen LogP contribution in [0.3, 0.4) is 0 Å². The summed E-state index contributed by atoms with van der Waals surface area (Å²) in [6, 6.07) is 6.32. The lowest BCUT2D eigenvalue weighted by atomic mass is 10.1. The minimum atomic E-state index is -1.30. The third kappa shape index (κ3) is 5.32. The van der Waals surface area contributed by atoms with Crippen LogP contribution >= 0.6 is 0 Å². The smallest absolute Gasteiger partial charge is 0.349 e. The molecule has 158 valence electrons. The number of nitrogens with one attached hydrogen (secondary N) is 1. The summed E-state index contributed by atoms with van der Waals surface area (Å²) < 4.78 is 33.8. The van der Waals surface area contributed by atoms with Crippen LogP contribution in [0.4, 0.5) is 14.5 Å². The van der Waals surface area contributed by atoms with E-state index in [0.29, 0.717) is 11.6 Å². The molecule has 0 saturated heterocycles. The van der Waals surface area contributed by atoms with Gasteiger partial charge in [-0.15, -0.1) is 0 Å². The quantitative estimate of drug-likeness (QED) is 0.416. The summed E-state index contributed by atoms with van der Waals surface area (Å²) in [5.74, 6) is -3.53. The first-order chi connectivity index (χ1) is 14.2. The second-order valence-corrected chi connectivity index (χ2v) is 6.81. The molecule has 0 saturated carbocycles. The molecule has 2 rings (SSSR count). The van der Waals surface area contributed by atoms with Crippen molar-refractivity contribution >= 4 is 23.6 Å². The Morgan fingerprint density at radius 3 is 2.60 bits per heavy atom. The molecule has 0 radical (unpaired) electrons. The number of carbonyl (C=O) groups excluding carboxylic acids is 2. The van der Waals surface area contributed by atoms with Gasteiger partial charge in [0.15, 0.2) is 6.10 Å². The Balaban J connectivity index is 2.12. The molecule has 1 amide bonds. The molecule has 2 aromatic rings. The van der Waals surface area contributed by atoms with Crippen LogP contribution in [0, 0.1) is 36.8 Å². The van der Waals surface area contributed by atoms with Gasteiger partial charge in [0.25, 0.3) is 5.91 Å². The summed E-state index contributed by atoms with van der Waals surface area (Å²) in [5.41, 5.74) is 2.11. The van der Waals surface area contributed by atoms with Crippen molar-refractivity contribution in [2.24, 2.45) is 0 Å². The highest BCUT2D eigenvalue weighted by molar-refractivity contribution is 6.01. The fourth-order valence-corrected chi connectivity index (χ4v) is 2.94. The molecular formula is C22H23F2N3O3. The van der Waals surface area contributed by atoms with Gasteiger partial charge >= 0.3 is 5.97 Å². The number of hydrogen-bond donors (Lipinski definition) is 1. The van der Waals surface area contributed by atoms with Gasteiger partial charge in [0.2, 0.25) is 0 Å². The highest BCUT2D eigenvalue weighted by Gasteiger charge is 2.22. The third-order valence-electron chi connectivity index (χ3n) is 4.54. The molecule has 6 nitrogen and oxygen atoms in total. The molecule has 1 aromatic heterocycles. The number of aromatic nitrogens is 1. The Hall–Kier alpha value is -3.47. The van der Waals surface area contributed by atoms with E-state index in [0.717, 1.165) is 36.5 Å². The zero-order chi connectivity index (χ0) is 22.4. The maximum Gasteiger partial charge on any atom is 0.349 e. The van der Waals surface area contributed by atoms with E-state index in [4.69, 9.17) is 4.74 Å². The van der Waals surface area contributed by atoms with Crippen LogP contribution in [-0.4, -0.2) is 22.5 Å². The molecule has 1 aromatic carbocycles. The van der Waals surface area contributed by atoms with Crippen molar-refractivity contribution in [1.29, 1.82) is 5.26 Å². The van der Waals surface area contributed by atoms with Crippen molar-refractivity contribution in [1.82, 2.24) is 4.57 Å². The number of halogens is 2. The van der Waals surface area contributed by atoms with Crippen molar-refractivity contribution in [2.75, 3.05) is 5.32 Å². The number of ether oxygens (including phenoxy) is 1. The summed E-state index contributed by atoms with van der Waals surface area (Å²) in [4.78, 5) is 24.5. The highest BCUT2D eigenvalue weighted by atomic mass is 19.1. The number of esters is 1. The van der Waals surface area contributed by atoms with Crippen LogP contribution in [0.1, 0.15) is 37.2 Å². The normalized spacial score (nSPS) is 12.2. The number of rotatable bonds is 7. The van der Waals surface area contributed by atoms with Gasteiger partial charge in [0.1, 0.15) is 23.3 Å². The van der Waals surface area contributed by atoms with Crippen LogP contribution in [0.5, 0.6) is 0 Å². The van der Waals surface area contributed by atoms with Crippen molar-refractivity contribution in [2.45, 2.75) is 46.8 Å². The van der Waals surface area contributed by atoms with E-state index in [9.17, 15) is 23.6 Å². The zero-order valence-corrected chi connectivity index (χ0v) is 17.3. The van der Waals surface area contributed by atoms with Crippen LogP contribution in [0.25, 0.3) is 6.08 Å². The second kappa shape index (κ2) is 9.83. The minimum Gasteiger partial charge on any atom is -0.448 e. The Morgan fingerprint density at radius 2 is 2.00 bits per heavy atom. The van der Waals surface area contributed by atoms with E-state index >= 15 is 0 Å². The zero-order valence-electron chi connectivity index (χ0n) is 17.3. The molecule has 0 bridgehead atoms. The van der Waals surface area contributed by atoms with E-state index in [1.54, 1.807) is 6.07 Å². The van der Waals surface area contributed by atoms with E-state index in [1.165, 1.54) is 13.0 Å². The summed E-state index contributed by atoms with van der Waals surface area (Å²) in [5, 5.41) is 11.6. The molecular weight excluding hydrogens is 392 g/mol. The van der Waals surface area contributed by atoms with E-state index in [2.05, 4.69) is 16.8 Å². The summed E-state index contributed by atoms with van der Waals surface area (Å²) in [7, 11) is 0. The van der Waals surface area contributed by atoms with E-state index in [1.807, 2.05) is 19.9 Å². The molecule has 0 aliphatic heterocycles. The van der Waals surface area contributed by atoms with Gasteiger partial charge in [-0.25, -0.2) is 13.6 Å². The van der Waals surface area contributed by atoms with Gasteiger partial charge in [-0.05, 0) is 57.0 Å². The van der Waals surface area contributed by atoms with Crippen molar-refractivity contribution < 1.29 is 23.1 Å². The van der Waals surface area contributed by atoms with Crippen molar-refractivity contribution in [3.05, 3.63) is 58.4 Å². The highest BCUT2D eigenvalue weighted by Crippen LogP contribution is 2.20. The molecule has 0 aliphatic carbocycles. The van der Waals surface area contributed by atoms with Crippen LogP contribution in [0.2, 0.25) is 0 Å². The molecule has 0 spiro atoms. The fourth-order valence-electron chi connectivity index (χ4n) is 2.94. The largest absolute Gasteiger partial charge is 0.448 e. The average molecular weight is 415 g/mol. The Morgan fingerprint density at radius 1 is 1.30 bits per heavy atom. The summed E-state index contributed by atoms with van der Waals surface area (Å²) in [6.45, 7) is 7.98. The lowest BCUT2D eigenvalue weighted by molar-refractivity contribution is -0.148. The van der Waals surface area contributed by atoms with E-state index < -0.39 is 29.6 Å². The predicted octanol–water partition coefficient (Wildman–Crippen LogP) is 4.27. The van der Waals surface area contributed by atoms with Crippen LogP contribution in [0.15, 0.2) is 29.8 Å². The predicted molar refractivity (Wildman–Crippen MR) is 108 cm³/mol. The SMILES string of the molecule is CCCn1c(C)cc(/C=C(\C#N)C(=O)O[C@H](C)C(=O)Nc2ccc(F)cc2F)c1C. The molecule has 1 heterocycles. The molecule has 1 N–H and O–H groups in total. The molecule has 30 heavy (non-hydrogen) atoms. The first kappa shape index (κ1) is 22.8. The number of hydrogen-bond acceptors (Lipinski definition) is 4. The Kier molecular flexibility index (Phi) is 7.48. The number of anilines is 1. The monoisotopic (exact) mass is 415 g/mol.